The minimum Gasteiger partial charge on any atom is -0.379 e. The van der Waals surface area contributed by atoms with Gasteiger partial charge in [0.1, 0.15) is 0 Å². The molecule has 0 radical (unpaired) electrons. The summed E-state index contributed by atoms with van der Waals surface area (Å²) >= 11 is 0. The summed E-state index contributed by atoms with van der Waals surface area (Å²) in [6.45, 7) is 9.30. The molecule has 2 aliphatic rings. The Hall–Kier alpha value is -1.88. The van der Waals surface area contributed by atoms with E-state index < -0.39 is 0 Å². The molecule has 2 aliphatic heterocycles. The van der Waals surface area contributed by atoms with E-state index in [4.69, 9.17) is 4.74 Å². The molecule has 4 heteroatoms. The summed E-state index contributed by atoms with van der Waals surface area (Å²) in [4.78, 5) is 7.35. The van der Waals surface area contributed by atoms with E-state index in [0.29, 0.717) is 0 Å². The van der Waals surface area contributed by atoms with Crippen LogP contribution in [-0.4, -0.2) is 69.3 Å². The van der Waals surface area contributed by atoms with Gasteiger partial charge < -0.3 is 14.5 Å². The fraction of sp³-hybridized carbons (Fsp3) is 0.455. The van der Waals surface area contributed by atoms with Crippen LogP contribution >= 0.6 is 0 Å². The van der Waals surface area contributed by atoms with Crippen LogP contribution in [0.1, 0.15) is 5.56 Å². The molecule has 0 unspecified atom stereocenters. The summed E-state index contributed by atoms with van der Waals surface area (Å²) < 4.78 is 5.45. The maximum Gasteiger partial charge on any atom is 0.0594 e. The highest BCUT2D eigenvalue weighted by Crippen LogP contribution is 2.25. The van der Waals surface area contributed by atoms with Gasteiger partial charge in [0.05, 0.1) is 13.2 Å². The van der Waals surface area contributed by atoms with Crippen molar-refractivity contribution in [2.24, 2.45) is 0 Å². The molecule has 4 rings (SSSR count). The molecule has 0 spiro atoms. The quantitative estimate of drug-likeness (QED) is 0.843. The lowest BCUT2D eigenvalue weighted by Gasteiger charge is -2.34. The first kappa shape index (κ1) is 17.5. The summed E-state index contributed by atoms with van der Waals surface area (Å²) in [5.41, 5.74) is 5.33. The van der Waals surface area contributed by atoms with Gasteiger partial charge in [-0.05, 0) is 41.9 Å². The van der Waals surface area contributed by atoms with Gasteiger partial charge in [0.2, 0.25) is 0 Å². The molecule has 2 fully saturated rings. The lowest BCUT2D eigenvalue weighted by atomic mass is 10.0. The Kier molecular flexibility index (Phi) is 5.54. The van der Waals surface area contributed by atoms with Gasteiger partial charge in [0.15, 0.2) is 0 Å². The molecule has 2 heterocycles. The SMILES string of the molecule is CN1CCN(c2ccc(-c3cccc(CN4CCOCC4)c3)cc2)CC1. The number of ether oxygens (including phenoxy) is 1. The van der Waals surface area contributed by atoms with Crippen LogP contribution in [0.4, 0.5) is 5.69 Å². The highest BCUT2D eigenvalue weighted by Gasteiger charge is 2.14. The monoisotopic (exact) mass is 351 g/mol. The van der Waals surface area contributed by atoms with Crippen molar-refractivity contribution in [3.8, 4) is 11.1 Å². The van der Waals surface area contributed by atoms with E-state index >= 15 is 0 Å². The van der Waals surface area contributed by atoms with Gasteiger partial charge in [-0.15, -0.1) is 0 Å². The number of likely N-dealkylation sites (N-methyl/N-ethyl adjacent to an activating group) is 1. The molecule has 0 atom stereocenters. The number of nitrogens with zero attached hydrogens (tertiary/aromatic N) is 3. The molecule has 4 nitrogen and oxygen atoms in total. The van der Waals surface area contributed by atoms with Crippen LogP contribution < -0.4 is 4.90 Å². The first-order valence-corrected chi connectivity index (χ1v) is 9.71. The first-order valence-electron chi connectivity index (χ1n) is 9.71. The van der Waals surface area contributed by atoms with E-state index in [0.717, 1.165) is 59.0 Å². The van der Waals surface area contributed by atoms with Crippen LogP contribution in [0.25, 0.3) is 11.1 Å². The van der Waals surface area contributed by atoms with Gasteiger partial charge in [0, 0.05) is 51.5 Å². The van der Waals surface area contributed by atoms with Crippen LogP contribution in [0.15, 0.2) is 48.5 Å². The number of morpholine rings is 1. The van der Waals surface area contributed by atoms with E-state index in [9.17, 15) is 0 Å². The fourth-order valence-electron chi connectivity index (χ4n) is 3.80. The van der Waals surface area contributed by atoms with Crippen molar-refractivity contribution in [2.75, 3.05) is 64.4 Å². The van der Waals surface area contributed by atoms with E-state index in [1.54, 1.807) is 0 Å². The van der Waals surface area contributed by atoms with E-state index in [1.165, 1.54) is 22.4 Å². The largest absolute Gasteiger partial charge is 0.379 e. The standard InChI is InChI=1S/C22H29N3O/c1-23-9-11-25(12-10-23)22-7-5-20(6-8-22)21-4-2-3-19(17-21)18-24-13-15-26-16-14-24/h2-8,17H,9-16,18H2,1H3. The minimum atomic E-state index is 0.855. The van der Waals surface area contributed by atoms with Gasteiger partial charge in [-0.25, -0.2) is 0 Å². The summed E-state index contributed by atoms with van der Waals surface area (Å²) in [6.07, 6.45) is 0. The number of hydrogen-bond acceptors (Lipinski definition) is 4. The summed E-state index contributed by atoms with van der Waals surface area (Å²) in [5.74, 6) is 0. The Labute approximate surface area is 157 Å². The molecule has 0 N–H and O–H groups in total. The van der Waals surface area contributed by atoms with Crippen molar-refractivity contribution in [1.29, 1.82) is 0 Å². The van der Waals surface area contributed by atoms with Gasteiger partial charge >= 0.3 is 0 Å². The smallest absolute Gasteiger partial charge is 0.0594 e. The van der Waals surface area contributed by atoms with Crippen molar-refractivity contribution >= 4 is 5.69 Å². The predicted molar refractivity (Wildman–Crippen MR) is 108 cm³/mol. The number of rotatable bonds is 4. The lowest BCUT2D eigenvalue weighted by Crippen LogP contribution is -2.44. The third kappa shape index (κ3) is 4.26. The van der Waals surface area contributed by atoms with Crippen LogP contribution in [0.2, 0.25) is 0 Å². The third-order valence-corrected chi connectivity index (χ3v) is 5.51. The van der Waals surface area contributed by atoms with Gasteiger partial charge in [0.25, 0.3) is 0 Å². The molecule has 0 aliphatic carbocycles. The van der Waals surface area contributed by atoms with Crippen molar-refractivity contribution in [1.82, 2.24) is 9.80 Å². The van der Waals surface area contributed by atoms with Crippen molar-refractivity contribution in [3.63, 3.8) is 0 Å². The second kappa shape index (κ2) is 8.21. The number of piperazine rings is 1. The van der Waals surface area contributed by atoms with Crippen molar-refractivity contribution < 1.29 is 4.74 Å². The molecular formula is C22H29N3O. The normalized spacial score (nSPS) is 19.7. The molecular weight excluding hydrogens is 322 g/mol. The highest BCUT2D eigenvalue weighted by atomic mass is 16.5. The first-order chi connectivity index (χ1) is 12.8. The van der Waals surface area contributed by atoms with Crippen LogP contribution in [0, 0.1) is 0 Å². The average molecular weight is 351 g/mol. The maximum absolute atomic E-state index is 5.45. The number of benzene rings is 2. The Morgan fingerprint density at radius 2 is 1.54 bits per heavy atom. The maximum atomic E-state index is 5.45. The van der Waals surface area contributed by atoms with Crippen LogP contribution in [0.3, 0.4) is 0 Å². The lowest BCUT2D eigenvalue weighted by molar-refractivity contribution is 0.0342. The zero-order valence-corrected chi connectivity index (χ0v) is 15.7. The molecule has 0 saturated carbocycles. The molecule has 2 saturated heterocycles. The third-order valence-electron chi connectivity index (χ3n) is 5.51. The van der Waals surface area contributed by atoms with Crippen molar-refractivity contribution in [2.45, 2.75) is 6.54 Å². The Bertz CT molecular complexity index is 702. The minimum absolute atomic E-state index is 0.855. The molecule has 26 heavy (non-hydrogen) atoms. The highest BCUT2D eigenvalue weighted by molar-refractivity contribution is 5.67. The predicted octanol–water partition coefficient (Wildman–Crippen LogP) is 2.94. The summed E-state index contributed by atoms with van der Waals surface area (Å²) in [6, 6.07) is 18.0. The topological polar surface area (TPSA) is 19.0 Å². The molecule has 0 bridgehead atoms. The Morgan fingerprint density at radius 1 is 0.808 bits per heavy atom. The van der Waals surface area contributed by atoms with Crippen LogP contribution in [-0.2, 0) is 11.3 Å². The van der Waals surface area contributed by atoms with Crippen molar-refractivity contribution in [3.05, 3.63) is 54.1 Å². The average Bonchev–Trinajstić information content (AvgIpc) is 2.70. The zero-order chi connectivity index (χ0) is 17.8. The summed E-state index contributed by atoms with van der Waals surface area (Å²) in [7, 11) is 2.20. The molecule has 0 amide bonds. The zero-order valence-electron chi connectivity index (χ0n) is 15.7. The van der Waals surface area contributed by atoms with E-state index in [-0.39, 0.29) is 0 Å². The molecule has 138 valence electrons. The molecule has 0 aromatic heterocycles. The number of anilines is 1. The van der Waals surface area contributed by atoms with Gasteiger partial charge in [-0.3, -0.25) is 4.90 Å². The second-order valence-electron chi connectivity index (χ2n) is 7.43. The fourth-order valence-corrected chi connectivity index (χ4v) is 3.80. The number of hydrogen-bond donors (Lipinski definition) is 0. The Balaban J connectivity index is 1.44. The molecule has 2 aromatic rings. The van der Waals surface area contributed by atoms with Gasteiger partial charge in [-0.1, -0.05) is 30.3 Å². The van der Waals surface area contributed by atoms with Gasteiger partial charge in [-0.2, -0.15) is 0 Å². The Morgan fingerprint density at radius 3 is 2.27 bits per heavy atom. The second-order valence-corrected chi connectivity index (χ2v) is 7.43. The molecule has 2 aromatic carbocycles. The van der Waals surface area contributed by atoms with E-state index in [1.807, 2.05) is 0 Å². The van der Waals surface area contributed by atoms with Crippen LogP contribution in [0.5, 0.6) is 0 Å². The summed E-state index contributed by atoms with van der Waals surface area (Å²) in [5, 5.41) is 0. The van der Waals surface area contributed by atoms with E-state index in [2.05, 4.69) is 70.3 Å².